The summed E-state index contributed by atoms with van der Waals surface area (Å²) in [5.41, 5.74) is 2.57. The van der Waals surface area contributed by atoms with Gasteiger partial charge in [0.1, 0.15) is 5.15 Å². The molecule has 2 rings (SSSR count). The molecule has 0 aliphatic carbocycles. The predicted octanol–water partition coefficient (Wildman–Crippen LogP) is 4.57. The van der Waals surface area contributed by atoms with Crippen molar-refractivity contribution >= 4 is 38.4 Å². The molecular formula is C14H13BrClNO. The van der Waals surface area contributed by atoms with E-state index in [1.54, 1.807) is 6.08 Å². The van der Waals surface area contributed by atoms with Gasteiger partial charge in [-0.05, 0) is 37.1 Å². The standard InChI is InChI=1S/C14H13BrClNO/c1-3-4-13(18)10-6-9-7-11(15)8(2)5-12(9)17-14(10)16/h3,5-7,13,18H,1,4H2,2H3. The molecule has 0 amide bonds. The van der Waals surface area contributed by atoms with Crippen LogP contribution in [0.5, 0.6) is 0 Å². The average Bonchev–Trinajstić information content (AvgIpc) is 2.31. The van der Waals surface area contributed by atoms with Crippen LogP contribution in [0.25, 0.3) is 10.9 Å². The number of aliphatic hydroxyl groups is 1. The number of fused-ring (bicyclic) bond motifs is 1. The van der Waals surface area contributed by atoms with Gasteiger partial charge in [-0.3, -0.25) is 0 Å². The van der Waals surface area contributed by atoms with Crippen molar-refractivity contribution in [2.24, 2.45) is 0 Å². The first-order valence-corrected chi connectivity index (χ1v) is 6.75. The fraction of sp³-hybridized carbons (Fsp3) is 0.214. The number of aliphatic hydroxyl groups excluding tert-OH is 1. The molecule has 2 aromatic rings. The monoisotopic (exact) mass is 325 g/mol. The van der Waals surface area contributed by atoms with Crippen molar-refractivity contribution in [1.82, 2.24) is 4.98 Å². The van der Waals surface area contributed by atoms with Gasteiger partial charge in [-0.1, -0.05) is 33.6 Å². The van der Waals surface area contributed by atoms with E-state index in [1.165, 1.54) is 0 Å². The quantitative estimate of drug-likeness (QED) is 0.662. The molecule has 0 saturated carbocycles. The van der Waals surface area contributed by atoms with Gasteiger partial charge in [0, 0.05) is 15.4 Å². The van der Waals surface area contributed by atoms with E-state index in [9.17, 15) is 5.11 Å². The number of nitrogens with zero attached hydrogens (tertiary/aromatic N) is 1. The van der Waals surface area contributed by atoms with Gasteiger partial charge in [0.2, 0.25) is 0 Å². The Morgan fingerprint density at radius 1 is 1.50 bits per heavy atom. The fourth-order valence-electron chi connectivity index (χ4n) is 1.81. The molecule has 0 bridgehead atoms. The van der Waals surface area contributed by atoms with Crippen LogP contribution < -0.4 is 0 Å². The number of pyridine rings is 1. The normalized spacial score (nSPS) is 12.7. The first kappa shape index (κ1) is 13.5. The number of rotatable bonds is 3. The van der Waals surface area contributed by atoms with Crippen molar-refractivity contribution < 1.29 is 5.11 Å². The Kier molecular flexibility index (Phi) is 4.05. The maximum Gasteiger partial charge on any atom is 0.135 e. The van der Waals surface area contributed by atoms with Crippen LogP contribution in [0.4, 0.5) is 0 Å². The SMILES string of the molecule is C=CCC(O)c1cc2cc(Br)c(C)cc2nc1Cl. The first-order valence-electron chi connectivity index (χ1n) is 5.58. The van der Waals surface area contributed by atoms with Crippen LogP contribution in [0.2, 0.25) is 5.15 Å². The Morgan fingerprint density at radius 3 is 2.89 bits per heavy atom. The summed E-state index contributed by atoms with van der Waals surface area (Å²) >= 11 is 9.60. The molecule has 4 heteroatoms. The number of aryl methyl sites for hydroxylation is 1. The van der Waals surface area contributed by atoms with Crippen molar-refractivity contribution in [2.45, 2.75) is 19.4 Å². The van der Waals surface area contributed by atoms with Crippen LogP contribution in [0.1, 0.15) is 23.7 Å². The molecule has 0 saturated heterocycles. The van der Waals surface area contributed by atoms with Gasteiger partial charge in [0.15, 0.2) is 0 Å². The Hall–Kier alpha value is -0.900. The Balaban J connectivity index is 2.60. The Labute approximate surface area is 119 Å². The van der Waals surface area contributed by atoms with Gasteiger partial charge in [0.25, 0.3) is 0 Å². The predicted molar refractivity (Wildman–Crippen MR) is 79.0 cm³/mol. The maximum atomic E-state index is 9.98. The van der Waals surface area contributed by atoms with Gasteiger partial charge in [-0.2, -0.15) is 0 Å². The third-order valence-electron chi connectivity index (χ3n) is 2.82. The lowest BCUT2D eigenvalue weighted by molar-refractivity contribution is 0.181. The molecule has 18 heavy (non-hydrogen) atoms. The summed E-state index contributed by atoms with van der Waals surface area (Å²) in [5.74, 6) is 0. The van der Waals surface area contributed by atoms with E-state index < -0.39 is 6.10 Å². The van der Waals surface area contributed by atoms with E-state index in [0.717, 1.165) is 20.9 Å². The van der Waals surface area contributed by atoms with Gasteiger partial charge in [0.05, 0.1) is 11.6 Å². The molecule has 1 unspecified atom stereocenters. The molecule has 0 aliphatic rings. The second kappa shape index (κ2) is 5.39. The number of aromatic nitrogens is 1. The summed E-state index contributed by atoms with van der Waals surface area (Å²) in [6.07, 6.45) is 1.46. The van der Waals surface area contributed by atoms with Crippen molar-refractivity contribution in [1.29, 1.82) is 0 Å². The van der Waals surface area contributed by atoms with E-state index in [4.69, 9.17) is 11.6 Å². The summed E-state index contributed by atoms with van der Waals surface area (Å²) in [6.45, 7) is 5.61. The first-order chi connectivity index (χ1) is 8.52. The second-order valence-electron chi connectivity index (χ2n) is 4.20. The summed E-state index contributed by atoms with van der Waals surface area (Å²) in [5, 5.41) is 11.3. The van der Waals surface area contributed by atoms with E-state index in [0.29, 0.717) is 17.1 Å². The molecule has 1 aromatic carbocycles. The van der Waals surface area contributed by atoms with E-state index in [2.05, 4.69) is 27.5 Å². The minimum Gasteiger partial charge on any atom is -0.388 e. The number of benzene rings is 1. The molecule has 94 valence electrons. The fourth-order valence-corrected chi connectivity index (χ4v) is 2.44. The number of hydrogen-bond acceptors (Lipinski definition) is 2. The van der Waals surface area contributed by atoms with Crippen LogP contribution in [0, 0.1) is 6.92 Å². The van der Waals surface area contributed by atoms with E-state index in [-0.39, 0.29) is 0 Å². The van der Waals surface area contributed by atoms with E-state index in [1.807, 2.05) is 25.1 Å². The minimum atomic E-state index is -0.660. The Morgan fingerprint density at radius 2 is 2.22 bits per heavy atom. The lowest BCUT2D eigenvalue weighted by Gasteiger charge is -2.12. The maximum absolute atomic E-state index is 9.98. The molecule has 0 fully saturated rings. The van der Waals surface area contributed by atoms with E-state index >= 15 is 0 Å². The molecule has 1 N–H and O–H groups in total. The Bertz CT molecular complexity index is 612. The third-order valence-corrected chi connectivity index (χ3v) is 3.98. The van der Waals surface area contributed by atoms with Crippen LogP contribution in [-0.4, -0.2) is 10.1 Å². The summed E-state index contributed by atoms with van der Waals surface area (Å²) < 4.78 is 1.02. The zero-order valence-electron chi connectivity index (χ0n) is 9.95. The highest BCUT2D eigenvalue weighted by atomic mass is 79.9. The molecule has 1 heterocycles. The lowest BCUT2D eigenvalue weighted by atomic mass is 10.1. The van der Waals surface area contributed by atoms with Crippen molar-refractivity contribution in [2.75, 3.05) is 0 Å². The summed E-state index contributed by atoms with van der Waals surface area (Å²) in [4.78, 5) is 4.33. The molecule has 1 aromatic heterocycles. The van der Waals surface area contributed by atoms with Gasteiger partial charge < -0.3 is 5.11 Å². The van der Waals surface area contributed by atoms with Crippen molar-refractivity contribution in [3.63, 3.8) is 0 Å². The number of hydrogen-bond donors (Lipinski definition) is 1. The largest absolute Gasteiger partial charge is 0.388 e. The van der Waals surface area contributed by atoms with Crippen LogP contribution in [0.3, 0.4) is 0 Å². The van der Waals surface area contributed by atoms with Crippen LogP contribution >= 0.6 is 27.5 Å². The smallest absolute Gasteiger partial charge is 0.135 e. The average molecular weight is 327 g/mol. The molecule has 2 nitrogen and oxygen atoms in total. The highest BCUT2D eigenvalue weighted by Crippen LogP contribution is 2.30. The summed E-state index contributed by atoms with van der Waals surface area (Å²) in [7, 11) is 0. The topological polar surface area (TPSA) is 33.1 Å². The summed E-state index contributed by atoms with van der Waals surface area (Å²) in [6, 6.07) is 5.83. The molecule has 0 aliphatic heterocycles. The van der Waals surface area contributed by atoms with Crippen LogP contribution in [0.15, 0.2) is 35.3 Å². The van der Waals surface area contributed by atoms with Gasteiger partial charge in [-0.15, -0.1) is 6.58 Å². The van der Waals surface area contributed by atoms with Crippen molar-refractivity contribution in [3.05, 3.63) is 51.6 Å². The molecule has 1 atom stereocenters. The van der Waals surface area contributed by atoms with Crippen molar-refractivity contribution in [3.8, 4) is 0 Å². The molecule has 0 radical (unpaired) electrons. The lowest BCUT2D eigenvalue weighted by Crippen LogP contribution is -1.99. The molecular weight excluding hydrogens is 314 g/mol. The second-order valence-corrected chi connectivity index (χ2v) is 5.42. The zero-order chi connectivity index (χ0) is 13.3. The van der Waals surface area contributed by atoms with Gasteiger partial charge >= 0.3 is 0 Å². The van der Waals surface area contributed by atoms with Gasteiger partial charge in [-0.25, -0.2) is 4.98 Å². The highest BCUT2D eigenvalue weighted by Gasteiger charge is 2.13. The minimum absolute atomic E-state index is 0.346. The highest BCUT2D eigenvalue weighted by molar-refractivity contribution is 9.10. The van der Waals surface area contributed by atoms with Crippen LogP contribution in [-0.2, 0) is 0 Å². The number of halogens is 2. The zero-order valence-corrected chi connectivity index (χ0v) is 12.3. The third kappa shape index (κ3) is 2.58. The molecule has 0 spiro atoms.